The molecule has 0 fully saturated rings. The normalized spacial score (nSPS) is 11.8. The number of aromatic hydroxyl groups is 1. The Balaban J connectivity index is 3.10. The molecule has 1 aromatic rings. The fraction of sp³-hybridized carbons (Fsp3) is 0.273. The van der Waals surface area contributed by atoms with Crippen molar-refractivity contribution >= 4 is 17.2 Å². The summed E-state index contributed by atoms with van der Waals surface area (Å²) < 4.78 is 0. The van der Waals surface area contributed by atoms with Crippen LogP contribution in [-0.4, -0.2) is 5.11 Å². The number of hydrogen-bond donors (Lipinski definition) is 1. The number of phenols is 1. The van der Waals surface area contributed by atoms with Gasteiger partial charge in [-0.3, -0.25) is 0 Å². The molecule has 0 saturated carbocycles. The lowest BCUT2D eigenvalue weighted by molar-refractivity contribution is 0.475. The zero-order valence-electron chi connectivity index (χ0n) is 7.84. The summed E-state index contributed by atoms with van der Waals surface area (Å²) in [6.45, 7) is 4.09. The molecular weight excluding hydrogens is 184 g/mol. The average Bonchev–Trinajstić information content (AvgIpc) is 2.13. The number of phenolic OH excluding ortho intramolecular Hbond substituents is 1. The average molecular weight is 197 g/mol. The number of allylic oxidation sites excluding steroid dienone is 2. The summed E-state index contributed by atoms with van der Waals surface area (Å²) in [6.07, 6.45) is 3.03. The van der Waals surface area contributed by atoms with Crippen molar-refractivity contribution in [2.75, 3.05) is 0 Å². The molecule has 0 spiro atoms. The molecule has 0 aromatic heterocycles. The van der Waals surface area contributed by atoms with Crippen molar-refractivity contribution < 1.29 is 5.11 Å². The molecule has 0 aliphatic carbocycles. The van der Waals surface area contributed by atoms with Crippen LogP contribution in [0.15, 0.2) is 24.3 Å². The van der Waals surface area contributed by atoms with E-state index in [9.17, 15) is 5.11 Å². The van der Waals surface area contributed by atoms with Crippen molar-refractivity contribution in [3.8, 4) is 5.75 Å². The first-order valence-electron chi connectivity index (χ1n) is 4.33. The lowest BCUT2D eigenvalue weighted by Gasteiger charge is -2.05. The maximum absolute atomic E-state index is 9.22. The molecule has 0 bridgehead atoms. The van der Waals surface area contributed by atoms with Gasteiger partial charge in [0.25, 0.3) is 0 Å². The van der Waals surface area contributed by atoms with E-state index >= 15 is 0 Å². The molecule has 1 aromatic carbocycles. The minimum Gasteiger partial charge on any atom is -0.506 e. The van der Waals surface area contributed by atoms with Crippen LogP contribution in [0.25, 0.3) is 5.57 Å². The Labute approximate surface area is 83.7 Å². The zero-order chi connectivity index (χ0) is 9.84. The molecule has 0 heterocycles. The van der Waals surface area contributed by atoms with Crippen molar-refractivity contribution in [3.63, 3.8) is 0 Å². The fourth-order valence-corrected chi connectivity index (χ4v) is 1.46. The molecule has 0 saturated heterocycles. The van der Waals surface area contributed by atoms with Crippen LogP contribution in [0.4, 0.5) is 0 Å². The summed E-state index contributed by atoms with van der Waals surface area (Å²) in [5, 5.41) is 9.63. The Hall–Kier alpha value is -0.950. The van der Waals surface area contributed by atoms with Gasteiger partial charge in [-0.05, 0) is 36.6 Å². The molecule has 0 amide bonds. The first-order chi connectivity index (χ1) is 6.19. The molecule has 0 aliphatic heterocycles. The van der Waals surface area contributed by atoms with Crippen LogP contribution in [-0.2, 0) is 0 Å². The number of hydrogen-bond acceptors (Lipinski definition) is 1. The van der Waals surface area contributed by atoms with Crippen molar-refractivity contribution in [1.82, 2.24) is 0 Å². The van der Waals surface area contributed by atoms with Gasteiger partial charge in [0.2, 0.25) is 0 Å². The van der Waals surface area contributed by atoms with Crippen molar-refractivity contribution in [3.05, 3.63) is 34.9 Å². The van der Waals surface area contributed by atoms with Crippen LogP contribution in [0.3, 0.4) is 0 Å². The summed E-state index contributed by atoms with van der Waals surface area (Å²) >= 11 is 5.79. The summed E-state index contributed by atoms with van der Waals surface area (Å²) in [4.78, 5) is 0. The van der Waals surface area contributed by atoms with Gasteiger partial charge in [-0.1, -0.05) is 30.7 Å². The highest BCUT2D eigenvalue weighted by molar-refractivity contribution is 6.32. The maximum atomic E-state index is 9.22. The monoisotopic (exact) mass is 196 g/mol. The Bertz CT molecular complexity index is 329. The van der Waals surface area contributed by atoms with Crippen LogP contribution >= 0.6 is 11.6 Å². The molecular formula is C11H13ClO. The van der Waals surface area contributed by atoms with Gasteiger partial charge >= 0.3 is 0 Å². The summed E-state index contributed by atoms with van der Waals surface area (Å²) in [6, 6.07) is 5.28. The predicted octanol–water partition coefficient (Wildman–Crippen LogP) is 3.86. The van der Waals surface area contributed by atoms with Gasteiger partial charge < -0.3 is 5.11 Å². The molecule has 0 aliphatic rings. The SMILES string of the molecule is C/C=C(\CC)c1ccc(O)c(Cl)c1. The van der Waals surface area contributed by atoms with Gasteiger partial charge in [-0.25, -0.2) is 0 Å². The van der Waals surface area contributed by atoms with E-state index in [0.717, 1.165) is 12.0 Å². The standard InChI is InChI=1S/C11H13ClO/c1-3-8(4-2)9-5-6-11(13)10(12)7-9/h3,5-7,13H,4H2,1-2H3/b8-3+. The molecule has 0 atom stereocenters. The fourth-order valence-electron chi connectivity index (χ4n) is 1.28. The van der Waals surface area contributed by atoms with Crippen LogP contribution in [0.2, 0.25) is 5.02 Å². The quantitative estimate of drug-likeness (QED) is 0.762. The van der Waals surface area contributed by atoms with Crippen LogP contribution in [0, 0.1) is 0 Å². The molecule has 70 valence electrons. The van der Waals surface area contributed by atoms with E-state index in [0.29, 0.717) is 5.02 Å². The van der Waals surface area contributed by atoms with Crippen LogP contribution in [0.5, 0.6) is 5.75 Å². The van der Waals surface area contributed by atoms with E-state index in [2.05, 4.69) is 13.0 Å². The van der Waals surface area contributed by atoms with Gasteiger partial charge in [-0.15, -0.1) is 0 Å². The smallest absolute Gasteiger partial charge is 0.134 e. The third-order valence-corrected chi connectivity index (χ3v) is 2.35. The number of rotatable bonds is 2. The Morgan fingerprint density at radius 3 is 2.69 bits per heavy atom. The Morgan fingerprint density at radius 2 is 2.23 bits per heavy atom. The Morgan fingerprint density at radius 1 is 1.54 bits per heavy atom. The number of benzene rings is 1. The van der Waals surface area contributed by atoms with E-state index in [1.165, 1.54) is 5.57 Å². The first kappa shape index (κ1) is 10.1. The second-order valence-corrected chi connectivity index (χ2v) is 3.24. The highest BCUT2D eigenvalue weighted by Gasteiger charge is 2.02. The van der Waals surface area contributed by atoms with Crippen molar-refractivity contribution in [1.29, 1.82) is 0 Å². The lowest BCUT2D eigenvalue weighted by Crippen LogP contribution is -1.82. The second-order valence-electron chi connectivity index (χ2n) is 2.83. The molecule has 2 heteroatoms. The molecule has 1 rings (SSSR count). The predicted molar refractivity (Wildman–Crippen MR) is 57.1 cm³/mol. The molecule has 0 unspecified atom stereocenters. The zero-order valence-corrected chi connectivity index (χ0v) is 8.60. The van der Waals surface area contributed by atoms with Crippen LogP contribution in [0.1, 0.15) is 25.8 Å². The van der Waals surface area contributed by atoms with E-state index in [4.69, 9.17) is 11.6 Å². The van der Waals surface area contributed by atoms with E-state index in [1.54, 1.807) is 12.1 Å². The van der Waals surface area contributed by atoms with Gasteiger partial charge in [0.1, 0.15) is 5.75 Å². The highest BCUT2D eigenvalue weighted by atomic mass is 35.5. The van der Waals surface area contributed by atoms with Crippen LogP contribution < -0.4 is 0 Å². The first-order valence-corrected chi connectivity index (χ1v) is 4.71. The Kier molecular flexibility index (Phi) is 3.38. The molecule has 1 N–H and O–H groups in total. The summed E-state index contributed by atoms with van der Waals surface area (Å²) in [7, 11) is 0. The van der Waals surface area contributed by atoms with Gasteiger partial charge in [0.15, 0.2) is 0 Å². The molecule has 13 heavy (non-hydrogen) atoms. The second kappa shape index (κ2) is 4.33. The van der Waals surface area contributed by atoms with Crippen molar-refractivity contribution in [2.45, 2.75) is 20.3 Å². The minimum absolute atomic E-state index is 0.136. The van der Waals surface area contributed by atoms with E-state index in [-0.39, 0.29) is 5.75 Å². The third kappa shape index (κ3) is 2.25. The van der Waals surface area contributed by atoms with Gasteiger partial charge in [-0.2, -0.15) is 0 Å². The van der Waals surface area contributed by atoms with Gasteiger partial charge in [0, 0.05) is 0 Å². The third-order valence-electron chi connectivity index (χ3n) is 2.05. The summed E-state index contributed by atoms with van der Waals surface area (Å²) in [5.41, 5.74) is 2.31. The molecule has 0 radical (unpaired) electrons. The summed E-state index contributed by atoms with van der Waals surface area (Å²) in [5.74, 6) is 0.136. The lowest BCUT2D eigenvalue weighted by atomic mass is 10.0. The highest BCUT2D eigenvalue weighted by Crippen LogP contribution is 2.28. The maximum Gasteiger partial charge on any atom is 0.134 e. The topological polar surface area (TPSA) is 20.2 Å². The number of halogens is 1. The minimum atomic E-state index is 0.136. The van der Waals surface area contributed by atoms with E-state index in [1.807, 2.05) is 13.0 Å². The van der Waals surface area contributed by atoms with Gasteiger partial charge in [0.05, 0.1) is 5.02 Å². The van der Waals surface area contributed by atoms with E-state index < -0.39 is 0 Å². The van der Waals surface area contributed by atoms with Crippen molar-refractivity contribution in [2.24, 2.45) is 0 Å². The molecule has 1 nitrogen and oxygen atoms in total. The largest absolute Gasteiger partial charge is 0.506 e.